The SMILES string of the molecule is CS(=O)(=O)N[C@@H]1CN(Cc2cccc(C#N)c2)[C@@H]2CCCO[C@@H]21. The average Bonchev–Trinajstić information content (AvgIpc) is 2.84. The fraction of sp³-hybridized carbons (Fsp3) is 0.562. The number of hydrogen-bond donors (Lipinski definition) is 1. The van der Waals surface area contributed by atoms with Crippen molar-refractivity contribution in [3.63, 3.8) is 0 Å². The van der Waals surface area contributed by atoms with Gasteiger partial charge < -0.3 is 4.74 Å². The van der Waals surface area contributed by atoms with Crippen molar-refractivity contribution in [2.45, 2.75) is 37.6 Å². The molecule has 2 heterocycles. The number of likely N-dealkylation sites (tertiary alicyclic amines) is 1. The van der Waals surface area contributed by atoms with Crippen molar-refractivity contribution in [1.29, 1.82) is 5.26 Å². The van der Waals surface area contributed by atoms with Crippen LogP contribution in [-0.4, -0.2) is 50.9 Å². The zero-order valence-corrected chi connectivity index (χ0v) is 13.9. The third kappa shape index (κ3) is 3.90. The van der Waals surface area contributed by atoms with Gasteiger partial charge in [-0.25, -0.2) is 13.1 Å². The molecule has 2 saturated heterocycles. The highest BCUT2D eigenvalue weighted by molar-refractivity contribution is 7.88. The Morgan fingerprint density at radius 3 is 3.04 bits per heavy atom. The third-order valence-electron chi connectivity index (χ3n) is 4.44. The zero-order chi connectivity index (χ0) is 16.4. The normalized spacial score (nSPS) is 28.3. The number of ether oxygens (including phenoxy) is 1. The zero-order valence-electron chi connectivity index (χ0n) is 13.1. The molecule has 0 bridgehead atoms. The van der Waals surface area contributed by atoms with Gasteiger partial charge in [0.15, 0.2) is 0 Å². The molecule has 0 amide bonds. The molecule has 0 spiro atoms. The first kappa shape index (κ1) is 16.4. The molecule has 0 radical (unpaired) electrons. The van der Waals surface area contributed by atoms with E-state index in [1.165, 1.54) is 6.26 Å². The van der Waals surface area contributed by atoms with Gasteiger partial charge >= 0.3 is 0 Å². The molecule has 124 valence electrons. The van der Waals surface area contributed by atoms with Crippen molar-refractivity contribution in [1.82, 2.24) is 9.62 Å². The quantitative estimate of drug-likeness (QED) is 0.882. The molecule has 1 aromatic carbocycles. The van der Waals surface area contributed by atoms with Crippen molar-refractivity contribution in [3.05, 3.63) is 35.4 Å². The highest BCUT2D eigenvalue weighted by Gasteiger charge is 2.44. The molecule has 0 aliphatic carbocycles. The number of nitrogens with one attached hydrogen (secondary N) is 1. The fourth-order valence-electron chi connectivity index (χ4n) is 3.59. The van der Waals surface area contributed by atoms with Crippen LogP contribution in [0, 0.1) is 11.3 Å². The molecule has 0 aromatic heterocycles. The topological polar surface area (TPSA) is 82.4 Å². The fourth-order valence-corrected chi connectivity index (χ4v) is 4.35. The van der Waals surface area contributed by atoms with Crippen LogP contribution in [0.2, 0.25) is 0 Å². The standard InChI is InChI=1S/C16H21N3O3S/c1-23(20,21)18-14-11-19(15-6-3-7-22-16(14)15)10-13-5-2-4-12(8-13)9-17/h2,4-5,8,14-16,18H,3,6-7,10-11H2,1H3/t14-,15-,16-/m1/s1. The Labute approximate surface area is 137 Å². The van der Waals surface area contributed by atoms with E-state index < -0.39 is 10.0 Å². The summed E-state index contributed by atoms with van der Waals surface area (Å²) in [7, 11) is -3.26. The van der Waals surface area contributed by atoms with Gasteiger partial charge in [-0.05, 0) is 30.5 Å². The minimum Gasteiger partial charge on any atom is -0.375 e. The van der Waals surface area contributed by atoms with Crippen LogP contribution < -0.4 is 4.72 Å². The predicted molar refractivity (Wildman–Crippen MR) is 86.1 cm³/mol. The van der Waals surface area contributed by atoms with E-state index in [0.29, 0.717) is 25.3 Å². The number of nitrogens with zero attached hydrogens (tertiary/aromatic N) is 2. The van der Waals surface area contributed by atoms with Gasteiger partial charge in [0.1, 0.15) is 0 Å². The summed E-state index contributed by atoms with van der Waals surface area (Å²) in [6, 6.07) is 9.70. The molecule has 6 nitrogen and oxygen atoms in total. The Hall–Kier alpha value is -1.46. The smallest absolute Gasteiger partial charge is 0.209 e. The van der Waals surface area contributed by atoms with E-state index in [1.54, 1.807) is 6.07 Å². The molecule has 0 saturated carbocycles. The van der Waals surface area contributed by atoms with Gasteiger partial charge in [0, 0.05) is 25.7 Å². The molecule has 1 aromatic rings. The lowest BCUT2D eigenvalue weighted by Gasteiger charge is -2.32. The van der Waals surface area contributed by atoms with Crippen LogP contribution in [0.4, 0.5) is 0 Å². The first-order valence-electron chi connectivity index (χ1n) is 7.78. The molecular weight excluding hydrogens is 314 g/mol. The Kier molecular flexibility index (Phi) is 4.69. The summed E-state index contributed by atoms with van der Waals surface area (Å²) in [5, 5.41) is 9.02. The minimum atomic E-state index is -3.26. The second-order valence-electron chi connectivity index (χ2n) is 6.28. The van der Waals surface area contributed by atoms with Gasteiger partial charge in [-0.3, -0.25) is 4.90 Å². The molecule has 7 heteroatoms. The van der Waals surface area contributed by atoms with Gasteiger partial charge in [-0.15, -0.1) is 0 Å². The molecule has 0 unspecified atom stereocenters. The summed E-state index contributed by atoms with van der Waals surface area (Å²) < 4.78 is 31.7. The largest absolute Gasteiger partial charge is 0.375 e. The highest BCUT2D eigenvalue weighted by atomic mass is 32.2. The van der Waals surface area contributed by atoms with E-state index in [1.807, 2.05) is 18.2 Å². The van der Waals surface area contributed by atoms with Crippen molar-refractivity contribution in [3.8, 4) is 6.07 Å². The Bertz CT molecular complexity index is 714. The van der Waals surface area contributed by atoms with Gasteiger partial charge in [0.25, 0.3) is 0 Å². The third-order valence-corrected chi connectivity index (χ3v) is 5.17. The molecule has 1 N–H and O–H groups in total. The Balaban J connectivity index is 1.77. The Morgan fingerprint density at radius 2 is 2.30 bits per heavy atom. The van der Waals surface area contributed by atoms with Gasteiger partial charge in [-0.1, -0.05) is 12.1 Å². The van der Waals surface area contributed by atoms with Crippen molar-refractivity contribution in [2.75, 3.05) is 19.4 Å². The van der Waals surface area contributed by atoms with Crippen LogP contribution in [0.25, 0.3) is 0 Å². The number of rotatable bonds is 4. The van der Waals surface area contributed by atoms with E-state index >= 15 is 0 Å². The van der Waals surface area contributed by atoms with Gasteiger partial charge in [-0.2, -0.15) is 5.26 Å². The van der Waals surface area contributed by atoms with E-state index in [-0.39, 0.29) is 18.2 Å². The maximum absolute atomic E-state index is 11.6. The number of hydrogen-bond acceptors (Lipinski definition) is 5. The highest BCUT2D eigenvalue weighted by Crippen LogP contribution is 2.30. The maximum Gasteiger partial charge on any atom is 0.209 e. The Morgan fingerprint density at radius 1 is 1.48 bits per heavy atom. The molecule has 2 aliphatic heterocycles. The average molecular weight is 335 g/mol. The molecule has 2 fully saturated rings. The molecule has 3 rings (SSSR count). The summed E-state index contributed by atoms with van der Waals surface area (Å²) in [6.07, 6.45) is 3.08. The number of fused-ring (bicyclic) bond motifs is 1. The van der Waals surface area contributed by atoms with E-state index in [4.69, 9.17) is 10.00 Å². The predicted octanol–water partition coefficient (Wildman–Crippen LogP) is 0.839. The van der Waals surface area contributed by atoms with Crippen LogP contribution in [-0.2, 0) is 21.3 Å². The van der Waals surface area contributed by atoms with Crippen molar-refractivity contribution >= 4 is 10.0 Å². The summed E-state index contributed by atoms with van der Waals surface area (Å²) in [5.74, 6) is 0. The monoisotopic (exact) mass is 335 g/mol. The summed E-state index contributed by atoms with van der Waals surface area (Å²) in [4.78, 5) is 2.27. The molecule has 2 aliphatic rings. The summed E-state index contributed by atoms with van der Waals surface area (Å²) in [6.45, 7) is 2.00. The molecule has 23 heavy (non-hydrogen) atoms. The second kappa shape index (κ2) is 6.57. The summed E-state index contributed by atoms with van der Waals surface area (Å²) >= 11 is 0. The number of sulfonamides is 1. The summed E-state index contributed by atoms with van der Waals surface area (Å²) in [5.41, 5.74) is 1.71. The van der Waals surface area contributed by atoms with Crippen LogP contribution >= 0.6 is 0 Å². The number of benzene rings is 1. The van der Waals surface area contributed by atoms with Crippen LogP contribution in [0.15, 0.2) is 24.3 Å². The lowest BCUT2D eigenvalue weighted by atomic mass is 10.0. The van der Waals surface area contributed by atoms with Crippen LogP contribution in [0.3, 0.4) is 0 Å². The van der Waals surface area contributed by atoms with Crippen molar-refractivity contribution < 1.29 is 13.2 Å². The maximum atomic E-state index is 11.6. The van der Waals surface area contributed by atoms with E-state index in [0.717, 1.165) is 18.4 Å². The molecule has 3 atom stereocenters. The van der Waals surface area contributed by atoms with Crippen molar-refractivity contribution in [2.24, 2.45) is 0 Å². The lowest BCUT2D eigenvalue weighted by molar-refractivity contribution is -0.0193. The molecular formula is C16H21N3O3S. The second-order valence-corrected chi connectivity index (χ2v) is 8.06. The van der Waals surface area contributed by atoms with Crippen LogP contribution in [0.5, 0.6) is 0 Å². The first-order valence-corrected chi connectivity index (χ1v) is 9.67. The lowest BCUT2D eigenvalue weighted by Crippen LogP contribution is -2.47. The van der Waals surface area contributed by atoms with Crippen LogP contribution in [0.1, 0.15) is 24.0 Å². The van der Waals surface area contributed by atoms with E-state index in [2.05, 4.69) is 15.7 Å². The minimum absolute atomic E-state index is 0.0994. The van der Waals surface area contributed by atoms with E-state index in [9.17, 15) is 8.42 Å². The van der Waals surface area contributed by atoms with Gasteiger partial charge in [0.2, 0.25) is 10.0 Å². The number of nitriles is 1. The van der Waals surface area contributed by atoms with Gasteiger partial charge in [0.05, 0.1) is 30.0 Å². The first-order chi connectivity index (χ1) is 11.0.